The van der Waals surface area contributed by atoms with Crippen molar-refractivity contribution in [3.05, 3.63) is 52.3 Å². The van der Waals surface area contributed by atoms with Gasteiger partial charge in [-0.05, 0) is 187 Å². The lowest BCUT2D eigenvalue weighted by Gasteiger charge is -2.32. The Morgan fingerprint density at radius 3 is 1.36 bits per heavy atom. The third kappa shape index (κ3) is 14.3. The Labute approximate surface area is 444 Å². The predicted molar refractivity (Wildman–Crippen MR) is 280 cm³/mol. The number of fused-ring (bicyclic) bond motifs is 1. The number of hydrazone groups is 1. The van der Waals surface area contributed by atoms with Crippen LogP contribution in [-0.4, -0.2) is 84.7 Å². The van der Waals surface area contributed by atoms with Crippen LogP contribution >= 0.6 is 23.5 Å². The van der Waals surface area contributed by atoms with E-state index in [1.807, 2.05) is 59.7 Å². The number of hydrogen-bond acceptors (Lipinski definition) is 16. The lowest BCUT2D eigenvalue weighted by Crippen LogP contribution is -2.34. The van der Waals surface area contributed by atoms with Gasteiger partial charge < -0.3 is 33.2 Å². The fourth-order valence-corrected chi connectivity index (χ4v) is 13.3. The zero-order valence-electron chi connectivity index (χ0n) is 44.1. The molecule has 4 fully saturated rings. The van der Waals surface area contributed by atoms with Crippen LogP contribution in [0.4, 0.5) is 5.69 Å². The molecule has 4 aliphatic carbocycles. The van der Waals surface area contributed by atoms with Crippen LogP contribution in [0, 0.1) is 35.5 Å². The van der Waals surface area contributed by atoms with Gasteiger partial charge in [0.2, 0.25) is 0 Å². The van der Waals surface area contributed by atoms with Gasteiger partial charge >= 0.3 is 29.8 Å². The first-order valence-electron chi connectivity index (χ1n) is 26.9. The van der Waals surface area contributed by atoms with Crippen LogP contribution in [0.1, 0.15) is 151 Å². The third-order valence-electron chi connectivity index (χ3n) is 14.6. The number of rotatable bonds is 15. The van der Waals surface area contributed by atoms with Crippen molar-refractivity contribution in [1.29, 1.82) is 0 Å². The Morgan fingerprint density at radius 1 is 0.568 bits per heavy atom. The van der Waals surface area contributed by atoms with Crippen molar-refractivity contribution in [2.75, 3.05) is 24.8 Å². The van der Waals surface area contributed by atoms with Gasteiger partial charge in [0.15, 0.2) is 5.71 Å². The quantitative estimate of drug-likeness (QED) is 0.0932. The number of benzene rings is 2. The summed E-state index contributed by atoms with van der Waals surface area (Å²) >= 11 is 2.71. The first kappa shape index (κ1) is 55.2. The van der Waals surface area contributed by atoms with Crippen molar-refractivity contribution in [2.24, 2.45) is 40.6 Å². The normalized spacial score (nSPS) is 26.3. The molecule has 0 N–H and O–H groups in total. The number of carbonyl (C=O) groups is 6. The van der Waals surface area contributed by atoms with E-state index in [0.29, 0.717) is 86.0 Å². The average molecular weight is 1060 g/mol. The minimum atomic E-state index is -0.689. The number of nitrogens with zero attached hydrogens (tertiary/aromatic N) is 2. The molecule has 0 atom stereocenters. The van der Waals surface area contributed by atoms with E-state index in [1.54, 1.807) is 31.2 Å². The van der Waals surface area contributed by atoms with E-state index in [9.17, 15) is 28.8 Å². The zero-order valence-corrected chi connectivity index (χ0v) is 45.7. The van der Waals surface area contributed by atoms with E-state index in [2.05, 4.69) is 5.10 Å². The largest absolute Gasteiger partial charge is 0.492 e. The molecule has 0 bridgehead atoms. The minimum Gasteiger partial charge on any atom is -0.492 e. The second-order valence-corrected chi connectivity index (χ2v) is 25.0. The first-order valence-corrected chi connectivity index (χ1v) is 28.5. The van der Waals surface area contributed by atoms with E-state index < -0.39 is 23.1 Å². The summed E-state index contributed by atoms with van der Waals surface area (Å²) in [7, 11) is 0. The van der Waals surface area contributed by atoms with Crippen molar-refractivity contribution >= 4 is 70.7 Å². The molecule has 6 aliphatic rings. The highest BCUT2D eigenvalue weighted by molar-refractivity contribution is 8.25. The van der Waals surface area contributed by atoms with Gasteiger partial charge in [0.25, 0.3) is 5.91 Å². The van der Waals surface area contributed by atoms with Crippen LogP contribution in [0.15, 0.2) is 67.2 Å². The summed E-state index contributed by atoms with van der Waals surface area (Å²) < 4.78 is 42.5. The van der Waals surface area contributed by atoms with Crippen molar-refractivity contribution in [3.8, 4) is 11.5 Å². The van der Waals surface area contributed by atoms with Gasteiger partial charge in [-0.2, -0.15) is 10.1 Å². The van der Waals surface area contributed by atoms with Crippen molar-refractivity contribution in [3.63, 3.8) is 0 Å². The van der Waals surface area contributed by atoms with E-state index >= 15 is 0 Å². The monoisotopic (exact) mass is 1060 g/mol. The van der Waals surface area contributed by atoms with Crippen LogP contribution in [0.5, 0.6) is 11.5 Å². The molecule has 0 spiro atoms. The van der Waals surface area contributed by atoms with Crippen LogP contribution in [0.3, 0.4) is 0 Å². The maximum atomic E-state index is 14.3. The molecule has 2 aromatic carbocycles. The average Bonchev–Trinajstić information content (AvgIpc) is 3.97. The second kappa shape index (κ2) is 24.3. The maximum Gasteiger partial charge on any atom is 0.359 e. The summed E-state index contributed by atoms with van der Waals surface area (Å²) in [5, 5.41) is 5.75. The molecule has 8 rings (SSSR count). The zero-order chi connectivity index (χ0) is 52.7. The summed E-state index contributed by atoms with van der Waals surface area (Å²) in [6, 6.07) is 12.8. The number of para-hydroxylation sites is 1. The molecule has 402 valence electrons. The summed E-state index contributed by atoms with van der Waals surface area (Å²) in [6.45, 7) is 13.9. The van der Waals surface area contributed by atoms with Crippen LogP contribution in [0.2, 0.25) is 0 Å². The summed E-state index contributed by atoms with van der Waals surface area (Å²) in [6.07, 6.45) is 10.9. The molecule has 0 saturated heterocycles. The number of esters is 5. The first-order chi connectivity index (χ1) is 35.3. The SMILES string of the molecule is CCOC(=O)C1=NN(c2ccccc2)C(=O)C1=C1Sc2c(OCC3CCC(OC(=O)C4CCC(C(=O)OC(C)(C)C)CC4)CC3)ccc(OCC3CCC(OC(=O)C4CCC(C(=O)OC(C)(C)C)CC4)CC3)c2S1. The Kier molecular flexibility index (Phi) is 18.1. The molecule has 2 heterocycles. The summed E-state index contributed by atoms with van der Waals surface area (Å²) in [4.78, 5) is 81.0. The van der Waals surface area contributed by atoms with Crippen molar-refractivity contribution < 1.29 is 61.9 Å². The third-order valence-corrected chi connectivity index (χ3v) is 17.3. The number of thioether (sulfide) groups is 2. The molecule has 0 aromatic heterocycles. The van der Waals surface area contributed by atoms with Gasteiger partial charge in [-0.15, -0.1) is 0 Å². The van der Waals surface area contributed by atoms with Gasteiger partial charge in [-0.3, -0.25) is 24.0 Å². The number of carbonyl (C=O) groups excluding carboxylic acids is 6. The van der Waals surface area contributed by atoms with Gasteiger partial charge in [0, 0.05) is 0 Å². The van der Waals surface area contributed by atoms with Crippen LogP contribution < -0.4 is 14.5 Å². The highest BCUT2D eigenvalue weighted by Crippen LogP contribution is 2.60. The Morgan fingerprint density at radius 2 is 0.973 bits per heavy atom. The number of hydrogen-bond donors (Lipinski definition) is 0. The maximum absolute atomic E-state index is 14.3. The molecule has 74 heavy (non-hydrogen) atoms. The van der Waals surface area contributed by atoms with Crippen LogP contribution in [0.25, 0.3) is 0 Å². The molecule has 17 heteroatoms. The molecule has 15 nitrogen and oxygen atoms in total. The molecule has 2 aromatic rings. The Bertz CT molecular complexity index is 2310. The van der Waals surface area contributed by atoms with Gasteiger partial charge in [0.05, 0.1) is 68.8 Å². The fourth-order valence-electron chi connectivity index (χ4n) is 10.6. The highest BCUT2D eigenvalue weighted by atomic mass is 32.2. The number of amides is 1. The van der Waals surface area contributed by atoms with E-state index in [-0.39, 0.29) is 89.5 Å². The van der Waals surface area contributed by atoms with Crippen molar-refractivity contribution in [2.45, 2.75) is 184 Å². The fraction of sp³-hybridized carbons (Fsp3) is 0.632. The van der Waals surface area contributed by atoms with Gasteiger partial charge in [-0.1, -0.05) is 41.7 Å². The van der Waals surface area contributed by atoms with E-state index in [0.717, 1.165) is 61.2 Å². The molecule has 4 saturated carbocycles. The summed E-state index contributed by atoms with van der Waals surface area (Å²) in [5.74, 6) is -0.899. The Hall–Kier alpha value is -5.03. The summed E-state index contributed by atoms with van der Waals surface area (Å²) in [5.41, 5.74) is -0.462. The number of ether oxygens (including phenoxy) is 7. The Balaban J connectivity index is 0.885. The number of anilines is 1. The second-order valence-electron chi connectivity index (χ2n) is 22.7. The molecular weight excluding hydrogens is 985 g/mol. The molecule has 0 unspecified atom stereocenters. The molecular formula is C57H74N2O13S2. The minimum absolute atomic E-state index is 0.0645. The predicted octanol–water partition coefficient (Wildman–Crippen LogP) is 11.3. The van der Waals surface area contributed by atoms with Crippen LogP contribution in [-0.2, 0) is 52.5 Å². The van der Waals surface area contributed by atoms with Gasteiger partial charge in [0.1, 0.15) is 34.9 Å². The van der Waals surface area contributed by atoms with E-state index in [1.165, 1.54) is 28.5 Å². The standard InChI is InChI=1S/C57H74N2O13S2/c1-8-66-54(65)46-45(49(60)59(58-46)40-12-10-9-11-13-40)55-73-47-43(67-32-34-14-26-41(27-15-34)69-50(61)36-18-22-38(23-19-36)52(63)71-56(2,3)4)30-31-44(48(47)74-55)68-33-35-16-28-42(29-17-35)70-51(62)37-20-24-39(25-21-37)53(64)72-57(5,6)7/h9-13,30-31,34-39,41-42H,8,14-29,32-33H2,1-7H3. The topological polar surface area (TPSA) is 183 Å². The lowest BCUT2D eigenvalue weighted by atomic mass is 9.82. The van der Waals surface area contributed by atoms with Crippen molar-refractivity contribution in [1.82, 2.24) is 0 Å². The highest BCUT2D eigenvalue weighted by Gasteiger charge is 2.43. The molecule has 2 aliphatic heterocycles. The van der Waals surface area contributed by atoms with Gasteiger partial charge in [-0.25, -0.2) is 4.79 Å². The lowest BCUT2D eigenvalue weighted by molar-refractivity contribution is -0.165. The smallest absolute Gasteiger partial charge is 0.359 e. The molecule has 0 radical (unpaired) electrons. The molecule has 1 amide bonds. The van der Waals surface area contributed by atoms with E-state index in [4.69, 9.17) is 33.2 Å².